The topological polar surface area (TPSA) is 81.7 Å². The number of thiazole rings is 1. The van der Waals surface area contributed by atoms with Gasteiger partial charge < -0.3 is 20.2 Å². The molecular weight excluding hydrogens is 268 g/mol. The highest BCUT2D eigenvalue weighted by molar-refractivity contribution is 7.15. The molecule has 0 aliphatic carbocycles. The van der Waals surface area contributed by atoms with Gasteiger partial charge in [0.1, 0.15) is 6.20 Å². The number of nitrogens with zero attached hydrogens (tertiary/aromatic N) is 3. The van der Waals surface area contributed by atoms with Crippen molar-refractivity contribution < 1.29 is 9.66 Å². The molecule has 0 saturated heterocycles. The number of imidazole rings is 1. The van der Waals surface area contributed by atoms with Gasteiger partial charge in [-0.2, -0.15) is 9.38 Å². The fourth-order valence-corrected chi connectivity index (χ4v) is 2.29. The summed E-state index contributed by atoms with van der Waals surface area (Å²) >= 11 is 1.36. The van der Waals surface area contributed by atoms with E-state index < -0.39 is 4.92 Å². The second-order valence-corrected chi connectivity index (χ2v) is 4.59. The molecule has 0 radical (unpaired) electrons. The zero-order valence-electron chi connectivity index (χ0n) is 10.2. The molecule has 0 atom stereocenters. The van der Waals surface area contributed by atoms with E-state index in [4.69, 9.17) is 4.74 Å². The van der Waals surface area contributed by atoms with Gasteiger partial charge in [-0.05, 0) is 11.3 Å². The van der Waals surface area contributed by atoms with E-state index in [1.54, 1.807) is 17.7 Å². The van der Waals surface area contributed by atoms with Crippen molar-refractivity contribution in [2.45, 2.75) is 6.42 Å². The van der Waals surface area contributed by atoms with Crippen LogP contribution in [0.1, 0.15) is 6.42 Å². The summed E-state index contributed by atoms with van der Waals surface area (Å²) in [6.07, 6.45) is 4.21. The van der Waals surface area contributed by atoms with Crippen LogP contribution in [0.15, 0.2) is 24.2 Å². The number of hydrogen-bond donors (Lipinski definition) is 1. The number of aromatic nitrogens is 2. The minimum Gasteiger partial charge on any atom is -0.379 e. The van der Waals surface area contributed by atoms with Crippen LogP contribution in [-0.2, 0) is 4.74 Å². The quantitative estimate of drug-likeness (QED) is 0.348. The molecule has 0 fully saturated rings. The number of nitrogens with one attached hydrogen (secondary N) is 1. The first-order chi connectivity index (χ1) is 9.24. The molecule has 0 aliphatic rings. The summed E-state index contributed by atoms with van der Waals surface area (Å²) in [5.74, 6) is 0.242. The van der Waals surface area contributed by atoms with Crippen molar-refractivity contribution in [3.8, 4) is 0 Å². The molecule has 0 amide bonds. The average molecular weight is 282 g/mol. The minimum atomic E-state index is -0.437. The largest absolute Gasteiger partial charge is 0.379 e. The molecule has 0 unspecified atom stereocenters. The Morgan fingerprint density at radius 3 is 3.21 bits per heavy atom. The van der Waals surface area contributed by atoms with Gasteiger partial charge in [-0.1, -0.05) is 17.4 Å². The summed E-state index contributed by atoms with van der Waals surface area (Å²) in [4.78, 5) is 15.4. The third-order valence-corrected chi connectivity index (χ3v) is 3.17. The smallest absolute Gasteiger partial charge is 0.372 e. The second-order valence-electron chi connectivity index (χ2n) is 3.71. The van der Waals surface area contributed by atoms with E-state index in [9.17, 15) is 10.1 Å². The van der Waals surface area contributed by atoms with Crippen molar-refractivity contribution in [2.75, 3.05) is 25.1 Å². The van der Waals surface area contributed by atoms with E-state index in [1.807, 2.05) is 0 Å². The third-order valence-electron chi connectivity index (χ3n) is 2.41. The molecule has 7 nitrogen and oxygen atoms in total. The highest BCUT2D eigenvalue weighted by atomic mass is 32.1. The summed E-state index contributed by atoms with van der Waals surface area (Å²) in [7, 11) is 0. The Bertz CT molecular complexity index is 578. The van der Waals surface area contributed by atoms with Gasteiger partial charge in [0, 0.05) is 11.9 Å². The van der Waals surface area contributed by atoms with Crippen LogP contribution in [0, 0.1) is 10.1 Å². The van der Waals surface area contributed by atoms with E-state index >= 15 is 0 Å². The number of anilines is 1. The van der Waals surface area contributed by atoms with Gasteiger partial charge >= 0.3 is 5.82 Å². The van der Waals surface area contributed by atoms with Crippen LogP contribution in [-0.4, -0.2) is 34.1 Å². The van der Waals surface area contributed by atoms with Gasteiger partial charge in [0.2, 0.25) is 5.82 Å². The monoisotopic (exact) mass is 282 g/mol. The Morgan fingerprint density at radius 2 is 2.47 bits per heavy atom. The van der Waals surface area contributed by atoms with Crippen LogP contribution in [0.4, 0.5) is 11.6 Å². The van der Waals surface area contributed by atoms with Gasteiger partial charge in [0.15, 0.2) is 0 Å². The molecule has 1 N–H and O–H groups in total. The fraction of sp³-hybridized carbons (Fsp3) is 0.364. The van der Waals surface area contributed by atoms with E-state index in [1.165, 1.54) is 15.7 Å². The first-order valence-corrected chi connectivity index (χ1v) is 6.64. The molecule has 2 rings (SSSR count). The standard InChI is InChI=1S/C11H14N4O3S/c1-2-3-6-18-7-4-12-9-10(15(16)17)14-5-8-19-11(14)13-9/h2,5,8,12H,1,3-4,6-7H2. The zero-order chi connectivity index (χ0) is 13.7. The first kappa shape index (κ1) is 13.5. The molecule has 102 valence electrons. The van der Waals surface area contributed by atoms with Crippen molar-refractivity contribution in [1.82, 2.24) is 9.38 Å². The highest BCUT2D eigenvalue weighted by Crippen LogP contribution is 2.27. The van der Waals surface area contributed by atoms with E-state index in [-0.39, 0.29) is 11.6 Å². The SMILES string of the molecule is C=CCCOCCNc1nc2sccn2c1[N+](=O)[O-]. The van der Waals surface area contributed by atoms with Crippen molar-refractivity contribution in [1.29, 1.82) is 0 Å². The van der Waals surface area contributed by atoms with Crippen LogP contribution >= 0.6 is 11.3 Å². The zero-order valence-corrected chi connectivity index (χ0v) is 11.1. The predicted molar refractivity (Wildman–Crippen MR) is 73.8 cm³/mol. The molecule has 2 heterocycles. The van der Waals surface area contributed by atoms with Crippen LogP contribution in [0.3, 0.4) is 0 Å². The Hall–Kier alpha value is -1.93. The molecule has 0 aliphatic heterocycles. The minimum absolute atomic E-state index is 0.0395. The van der Waals surface area contributed by atoms with Crippen LogP contribution in [0.25, 0.3) is 4.96 Å². The molecular formula is C11H14N4O3S. The van der Waals surface area contributed by atoms with Gasteiger partial charge in [-0.25, -0.2) is 0 Å². The van der Waals surface area contributed by atoms with E-state index in [0.717, 1.165) is 6.42 Å². The summed E-state index contributed by atoms with van der Waals surface area (Å²) in [5.41, 5.74) is 0. The maximum Gasteiger partial charge on any atom is 0.372 e. The Balaban J connectivity index is 1.96. The summed E-state index contributed by atoms with van der Waals surface area (Å²) in [6.45, 7) is 5.14. The molecule has 0 saturated carbocycles. The molecule has 0 bridgehead atoms. The van der Waals surface area contributed by atoms with Crippen molar-refractivity contribution in [2.24, 2.45) is 0 Å². The van der Waals surface area contributed by atoms with Gasteiger partial charge in [-0.3, -0.25) is 0 Å². The molecule has 0 spiro atoms. The molecule has 2 aromatic heterocycles. The number of ether oxygens (including phenoxy) is 1. The highest BCUT2D eigenvalue weighted by Gasteiger charge is 2.22. The van der Waals surface area contributed by atoms with Crippen molar-refractivity contribution >= 4 is 27.9 Å². The number of hydrogen-bond acceptors (Lipinski definition) is 6. The van der Waals surface area contributed by atoms with Crippen LogP contribution in [0.5, 0.6) is 0 Å². The molecule has 0 aromatic carbocycles. The maximum absolute atomic E-state index is 11.0. The Labute approximate surface area is 113 Å². The maximum atomic E-state index is 11.0. The van der Waals surface area contributed by atoms with E-state index in [0.29, 0.717) is 24.7 Å². The average Bonchev–Trinajstić information content (AvgIpc) is 2.92. The van der Waals surface area contributed by atoms with Crippen molar-refractivity contribution in [3.63, 3.8) is 0 Å². The Morgan fingerprint density at radius 1 is 1.63 bits per heavy atom. The van der Waals surface area contributed by atoms with Gasteiger partial charge in [-0.15, -0.1) is 6.58 Å². The first-order valence-electron chi connectivity index (χ1n) is 5.76. The lowest BCUT2D eigenvalue weighted by molar-refractivity contribution is -0.389. The molecule has 19 heavy (non-hydrogen) atoms. The summed E-state index contributed by atoms with van der Waals surface area (Å²) in [5, 5.41) is 15.7. The van der Waals surface area contributed by atoms with Gasteiger partial charge in [0.05, 0.1) is 13.2 Å². The van der Waals surface area contributed by atoms with E-state index in [2.05, 4.69) is 16.9 Å². The summed E-state index contributed by atoms with van der Waals surface area (Å²) < 4.78 is 6.78. The summed E-state index contributed by atoms with van der Waals surface area (Å²) in [6, 6.07) is 0. The number of nitro groups is 1. The Kier molecular flexibility index (Phi) is 4.48. The van der Waals surface area contributed by atoms with Crippen LogP contribution < -0.4 is 5.32 Å². The van der Waals surface area contributed by atoms with Crippen molar-refractivity contribution in [3.05, 3.63) is 34.3 Å². The number of fused-ring (bicyclic) bond motifs is 1. The lowest BCUT2D eigenvalue weighted by atomic mass is 10.4. The lowest BCUT2D eigenvalue weighted by Crippen LogP contribution is -2.11. The predicted octanol–water partition coefficient (Wildman–Crippen LogP) is 2.31. The van der Waals surface area contributed by atoms with Gasteiger partial charge in [0.25, 0.3) is 4.96 Å². The number of rotatable bonds is 8. The van der Waals surface area contributed by atoms with Crippen LogP contribution in [0.2, 0.25) is 0 Å². The second kappa shape index (κ2) is 6.30. The molecule has 2 aromatic rings. The normalized spacial score (nSPS) is 10.7. The molecule has 8 heteroatoms. The third kappa shape index (κ3) is 3.09. The fourth-order valence-electron chi connectivity index (χ4n) is 1.58. The lowest BCUT2D eigenvalue weighted by Gasteiger charge is -2.04.